The monoisotopic (exact) mass is 389 g/mol. The topological polar surface area (TPSA) is 214 Å². The Morgan fingerprint density at radius 1 is 0.696 bits per heavy atom. The van der Waals surface area contributed by atoms with Gasteiger partial charge in [-0.05, 0) is 0 Å². The molecule has 12 nitrogen and oxygen atoms in total. The van der Waals surface area contributed by atoms with Crippen molar-refractivity contribution in [3.05, 3.63) is 0 Å². The van der Waals surface area contributed by atoms with Crippen molar-refractivity contribution in [1.29, 1.82) is 0 Å². The Hall–Kier alpha value is -1.76. The Labute approximate surface area is 139 Å². The summed E-state index contributed by atoms with van der Waals surface area (Å²) >= 11 is 0. The Morgan fingerprint density at radius 2 is 0.913 bits per heavy atom. The molecule has 0 fully saturated rings. The summed E-state index contributed by atoms with van der Waals surface area (Å²) in [6, 6.07) is 0. The Bertz CT molecular complexity index is 373. The molecule has 0 heterocycles. The van der Waals surface area contributed by atoms with E-state index in [2.05, 4.69) is 9.47 Å². The molecule has 0 aliphatic rings. The minimum atomic E-state index is -2.25. The summed E-state index contributed by atoms with van der Waals surface area (Å²) < 4.78 is 7.89. The summed E-state index contributed by atoms with van der Waals surface area (Å²) in [5.41, 5.74) is 0. The van der Waals surface area contributed by atoms with Crippen LogP contribution in [0.15, 0.2) is 0 Å². The maximum absolute atomic E-state index is 10.3. The zero-order chi connectivity index (χ0) is 18.0. The van der Waals surface area contributed by atoms with Crippen molar-refractivity contribution in [2.75, 3.05) is 14.2 Å². The fourth-order valence-corrected chi connectivity index (χ4v) is 0.757. The molecule has 0 aliphatic heterocycles. The smallest absolute Gasteiger partial charge is 0.547 e. The molecule has 4 N–H and O–H groups in total. The summed E-state index contributed by atoms with van der Waals surface area (Å²) in [4.78, 5) is 40.3. The fraction of sp³-hybridized carbons (Fsp3) is 0.600. The van der Waals surface area contributed by atoms with E-state index >= 15 is 0 Å². The number of hydrogen-bond donors (Lipinski definition) is 4. The predicted octanol–water partition coefficient (Wildman–Crippen LogP) is -6.74. The number of carbonyl (C=O) groups excluding carboxylic acids is 4. The Kier molecular flexibility index (Phi) is 14.5. The molecule has 0 rings (SSSR count). The number of carboxylic acid groups (broad SMARTS) is 2. The molecule has 0 aromatic carbocycles. The summed E-state index contributed by atoms with van der Waals surface area (Å²) in [6.07, 6.45) is -8.68. The number of esters is 2. The largest absolute Gasteiger partial charge is 2.00 e. The van der Waals surface area contributed by atoms with Crippen molar-refractivity contribution in [3.8, 4) is 0 Å². The van der Waals surface area contributed by atoms with E-state index in [1.807, 2.05) is 0 Å². The zero-order valence-corrected chi connectivity index (χ0v) is 12.6. The van der Waals surface area contributed by atoms with Gasteiger partial charge in [-0.1, -0.05) is 0 Å². The van der Waals surface area contributed by atoms with Crippen molar-refractivity contribution >= 4 is 23.9 Å². The number of methoxy groups -OCH3 is 2. The molecule has 0 amide bonds. The van der Waals surface area contributed by atoms with E-state index in [0.29, 0.717) is 0 Å². The molecular weight excluding hydrogens is 376 g/mol. The van der Waals surface area contributed by atoms with E-state index in [4.69, 9.17) is 20.4 Å². The van der Waals surface area contributed by atoms with Gasteiger partial charge in [-0.15, -0.1) is 0 Å². The van der Waals surface area contributed by atoms with Crippen LogP contribution >= 0.6 is 0 Å². The minimum absolute atomic E-state index is 0. The quantitative estimate of drug-likeness (QED) is 0.246. The normalized spacial score (nSPS) is 14.5. The first-order chi connectivity index (χ1) is 10.0. The van der Waals surface area contributed by atoms with Crippen LogP contribution in [0, 0.1) is 0 Å². The van der Waals surface area contributed by atoms with Crippen LogP contribution < -0.4 is 10.2 Å². The van der Waals surface area contributed by atoms with E-state index in [9.17, 15) is 29.4 Å². The SMILES string of the molecule is COC(=O)C(O)C(O)C(=O)[O-].COC(=O)C(O)C(O)C(=O)[O-].[Cu+2]. The number of carboxylic acids is 2. The van der Waals surface area contributed by atoms with Gasteiger partial charge in [0.1, 0.15) is 12.2 Å². The third-order valence-corrected chi connectivity index (χ3v) is 1.97. The molecule has 0 aromatic rings. The van der Waals surface area contributed by atoms with Crippen molar-refractivity contribution in [3.63, 3.8) is 0 Å². The van der Waals surface area contributed by atoms with Gasteiger partial charge in [0, 0.05) is 0 Å². The molecule has 0 aliphatic carbocycles. The van der Waals surface area contributed by atoms with Gasteiger partial charge in [0.05, 0.1) is 26.2 Å². The van der Waals surface area contributed by atoms with Crippen LogP contribution in [0.3, 0.4) is 0 Å². The second kappa shape index (κ2) is 12.8. The number of aliphatic hydroxyl groups excluding tert-OH is 4. The number of aliphatic hydroxyl groups is 4. The van der Waals surface area contributed by atoms with Gasteiger partial charge >= 0.3 is 29.0 Å². The van der Waals surface area contributed by atoms with Crippen LogP contribution in [-0.2, 0) is 45.7 Å². The first-order valence-corrected chi connectivity index (χ1v) is 5.30. The summed E-state index contributed by atoms with van der Waals surface area (Å²) in [6.45, 7) is 0. The van der Waals surface area contributed by atoms with Crippen molar-refractivity contribution in [2.45, 2.75) is 24.4 Å². The average molecular weight is 390 g/mol. The molecule has 0 aromatic heterocycles. The molecule has 1 radical (unpaired) electrons. The first-order valence-electron chi connectivity index (χ1n) is 5.30. The Balaban J connectivity index is -0.000000333. The second-order valence-electron chi connectivity index (χ2n) is 3.46. The fourth-order valence-electron chi connectivity index (χ4n) is 0.757. The summed E-state index contributed by atoms with van der Waals surface area (Å²) in [7, 11) is 1.90. The van der Waals surface area contributed by atoms with E-state index in [1.165, 1.54) is 0 Å². The zero-order valence-electron chi connectivity index (χ0n) is 11.7. The van der Waals surface area contributed by atoms with E-state index in [1.54, 1.807) is 0 Å². The van der Waals surface area contributed by atoms with Crippen LogP contribution in [0.25, 0.3) is 0 Å². The molecule has 13 heteroatoms. The summed E-state index contributed by atoms with van der Waals surface area (Å²) in [5.74, 6) is -6.30. The number of ether oxygens (including phenoxy) is 2. The van der Waals surface area contributed by atoms with Gasteiger partial charge in [-0.3, -0.25) is 0 Å². The predicted molar refractivity (Wildman–Crippen MR) is 58.1 cm³/mol. The van der Waals surface area contributed by atoms with Gasteiger partial charge < -0.3 is 49.7 Å². The number of aliphatic carboxylic acids is 2. The number of rotatable bonds is 6. The standard InChI is InChI=1S/2C5H8O6.Cu/c2*1-11-5(10)3(7)2(6)4(8)9;/h2*2-3,6-7H,1H3,(H,8,9);/q;;+2/p-2. The minimum Gasteiger partial charge on any atom is -0.547 e. The third kappa shape index (κ3) is 9.78. The van der Waals surface area contributed by atoms with Crippen LogP contribution in [-0.4, -0.2) is 82.9 Å². The van der Waals surface area contributed by atoms with Gasteiger partial charge in [-0.2, -0.15) is 0 Å². The molecule has 0 bridgehead atoms. The van der Waals surface area contributed by atoms with Crippen LogP contribution in [0.4, 0.5) is 0 Å². The maximum Gasteiger partial charge on any atom is 2.00 e. The molecule has 0 saturated heterocycles. The van der Waals surface area contributed by atoms with E-state index in [-0.39, 0.29) is 17.1 Å². The van der Waals surface area contributed by atoms with E-state index < -0.39 is 48.3 Å². The van der Waals surface area contributed by atoms with Crippen LogP contribution in [0.1, 0.15) is 0 Å². The molecule has 4 unspecified atom stereocenters. The van der Waals surface area contributed by atoms with Gasteiger partial charge in [-0.25, -0.2) is 9.59 Å². The van der Waals surface area contributed by atoms with Crippen molar-refractivity contribution in [1.82, 2.24) is 0 Å². The molecule has 0 spiro atoms. The average Bonchev–Trinajstić information content (AvgIpc) is 2.50. The number of hydrogen-bond acceptors (Lipinski definition) is 12. The van der Waals surface area contributed by atoms with Crippen LogP contribution in [0.2, 0.25) is 0 Å². The Morgan fingerprint density at radius 3 is 1.04 bits per heavy atom. The molecule has 23 heavy (non-hydrogen) atoms. The van der Waals surface area contributed by atoms with Gasteiger partial charge in [0.2, 0.25) is 0 Å². The molecule has 4 atom stereocenters. The van der Waals surface area contributed by atoms with Crippen LogP contribution in [0.5, 0.6) is 0 Å². The van der Waals surface area contributed by atoms with Crippen molar-refractivity contribution in [2.24, 2.45) is 0 Å². The molecule has 137 valence electrons. The molecule has 0 saturated carbocycles. The van der Waals surface area contributed by atoms with E-state index in [0.717, 1.165) is 14.2 Å². The first kappa shape index (κ1) is 26.2. The maximum atomic E-state index is 10.3. The van der Waals surface area contributed by atoms with Gasteiger partial charge in [0.15, 0.2) is 12.2 Å². The molecular formula is C10H14CuO12. The van der Waals surface area contributed by atoms with Gasteiger partial charge in [0.25, 0.3) is 0 Å². The summed E-state index contributed by atoms with van der Waals surface area (Å²) in [5, 5.41) is 53.9. The number of carbonyl (C=O) groups is 4. The van der Waals surface area contributed by atoms with Crippen molar-refractivity contribution < 1.29 is 76.4 Å². The third-order valence-electron chi connectivity index (χ3n) is 1.97. The second-order valence-corrected chi connectivity index (χ2v) is 3.46.